The van der Waals surface area contributed by atoms with Gasteiger partial charge >= 0.3 is 0 Å². The van der Waals surface area contributed by atoms with E-state index >= 15 is 0 Å². The molecule has 0 atom stereocenters. The fourth-order valence-corrected chi connectivity index (χ4v) is 2.30. The molecule has 76 valence electrons. The first-order valence-electron chi connectivity index (χ1n) is 4.97. The topological polar surface area (TPSA) is 27.0 Å². The summed E-state index contributed by atoms with van der Waals surface area (Å²) in [7, 11) is 0. The molecule has 1 aromatic heterocycles. The molecule has 0 bridgehead atoms. The molecule has 0 unspecified atom stereocenters. The van der Waals surface area contributed by atoms with Crippen molar-refractivity contribution in [1.82, 2.24) is 4.90 Å². The third-order valence-corrected chi connectivity index (χ3v) is 3.40. The molecule has 0 amide bonds. The monoisotopic (exact) mass is 208 g/mol. The molecule has 0 saturated carbocycles. The van der Waals surface area contributed by atoms with Crippen LogP contribution < -0.4 is 0 Å². The Hall–Kier alpha value is -0.850. The van der Waals surface area contributed by atoms with E-state index in [1.807, 2.05) is 11.3 Å². The van der Waals surface area contributed by atoms with Crippen LogP contribution in [0.3, 0.4) is 0 Å². The summed E-state index contributed by atoms with van der Waals surface area (Å²) in [6.45, 7) is 6.63. The highest BCUT2D eigenvalue weighted by Crippen LogP contribution is 2.18. The molecular weight excluding hydrogens is 192 g/mol. The van der Waals surface area contributed by atoms with Gasteiger partial charge in [-0.15, -0.1) is 11.3 Å². The Balaban J connectivity index is 2.54. The average molecular weight is 208 g/mol. The van der Waals surface area contributed by atoms with Crippen LogP contribution in [-0.2, 0) is 13.0 Å². The largest absolute Gasteiger partial charge is 0.286 e. The molecule has 0 saturated heterocycles. The van der Waals surface area contributed by atoms with Crippen molar-refractivity contribution in [3.63, 3.8) is 0 Å². The predicted octanol–water partition coefficient (Wildman–Crippen LogP) is 2.66. The lowest BCUT2D eigenvalue weighted by molar-refractivity contribution is 0.317. The van der Waals surface area contributed by atoms with E-state index in [9.17, 15) is 0 Å². The summed E-state index contributed by atoms with van der Waals surface area (Å²) in [4.78, 5) is 4.93. The van der Waals surface area contributed by atoms with E-state index in [4.69, 9.17) is 5.26 Å². The molecule has 0 aliphatic heterocycles. The third-order valence-electron chi connectivity index (χ3n) is 2.19. The quantitative estimate of drug-likeness (QED) is 0.696. The van der Waals surface area contributed by atoms with Crippen molar-refractivity contribution in [2.24, 2.45) is 0 Å². The van der Waals surface area contributed by atoms with Crippen LogP contribution in [0.25, 0.3) is 0 Å². The van der Waals surface area contributed by atoms with E-state index in [1.165, 1.54) is 9.75 Å². The molecule has 2 nitrogen and oxygen atoms in total. The fourth-order valence-electron chi connectivity index (χ4n) is 1.30. The minimum atomic E-state index is 0.524. The Bertz CT molecular complexity index is 311. The molecule has 3 heteroatoms. The summed E-state index contributed by atoms with van der Waals surface area (Å²) in [5.41, 5.74) is 0. The molecule has 1 aromatic rings. The van der Waals surface area contributed by atoms with Gasteiger partial charge in [-0.3, -0.25) is 4.90 Å². The number of nitrogens with zero attached hydrogens (tertiary/aromatic N) is 2. The summed E-state index contributed by atoms with van der Waals surface area (Å²) in [6.07, 6.45) is 1.11. The van der Waals surface area contributed by atoms with Gasteiger partial charge in [-0.2, -0.15) is 5.26 Å². The van der Waals surface area contributed by atoms with Crippen LogP contribution in [0.15, 0.2) is 12.1 Å². The zero-order valence-electron chi connectivity index (χ0n) is 8.79. The lowest BCUT2D eigenvalue weighted by Crippen LogP contribution is -2.22. The van der Waals surface area contributed by atoms with E-state index < -0.39 is 0 Å². The number of hydrogen-bond donors (Lipinski definition) is 0. The maximum atomic E-state index is 8.61. The van der Waals surface area contributed by atoms with Gasteiger partial charge in [0.2, 0.25) is 0 Å². The van der Waals surface area contributed by atoms with Crippen molar-refractivity contribution in [2.75, 3.05) is 13.1 Å². The highest BCUT2D eigenvalue weighted by atomic mass is 32.1. The second-order valence-corrected chi connectivity index (χ2v) is 4.44. The Morgan fingerprint density at radius 2 is 2.07 bits per heavy atom. The van der Waals surface area contributed by atoms with E-state index in [2.05, 4.69) is 36.9 Å². The van der Waals surface area contributed by atoms with Gasteiger partial charge in [0.05, 0.1) is 12.6 Å². The van der Waals surface area contributed by atoms with Crippen molar-refractivity contribution < 1.29 is 0 Å². The molecule has 14 heavy (non-hydrogen) atoms. The number of rotatable bonds is 5. The molecule has 0 radical (unpaired) electrons. The van der Waals surface area contributed by atoms with Gasteiger partial charge in [-0.05, 0) is 25.1 Å². The van der Waals surface area contributed by atoms with Crippen LogP contribution in [-0.4, -0.2) is 18.0 Å². The zero-order valence-corrected chi connectivity index (χ0v) is 9.60. The summed E-state index contributed by atoms with van der Waals surface area (Å²) in [5.74, 6) is 0. The molecule has 0 aliphatic rings. The maximum Gasteiger partial charge on any atom is 0.0869 e. The van der Waals surface area contributed by atoms with Gasteiger partial charge in [-0.1, -0.05) is 13.8 Å². The summed E-state index contributed by atoms with van der Waals surface area (Å²) in [5, 5.41) is 8.61. The number of aryl methyl sites for hydroxylation is 1. The number of nitriles is 1. The van der Waals surface area contributed by atoms with Crippen molar-refractivity contribution in [3.8, 4) is 6.07 Å². The molecule has 0 fully saturated rings. The lowest BCUT2D eigenvalue weighted by Gasteiger charge is -2.14. The second kappa shape index (κ2) is 5.79. The van der Waals surface area contributed by atoms with Gasteiger partial charge in [0.25, 0.3) is 0 Å². The third kappa shape index (κ3) is 3.13. The van der Waals surface area contributed by atoms with Crippen LogP contribution in [0, 0.1) is 11.3 Å². The normalized spacial score (nSPS) is 10.4. The smallest absolute Gasteiger partial charge is 0.0869 e. The van der Waals surface area contributed by atoms with Crippen LogP contribution >= 0.6 is 11.3 Å². The molecule has 1 rings (SSSR count). The predicted molar refractivity (Wildman–Crippen MR) is 60.3 cm³/mol. The average Bonchev–Trinajstić information content (AvgIpc) is 2.65. The summed E-state index contributed by atoms with van der Waals surface area (Å²) < 4.78 is 0. The van der Waals surface area contributed by atoms with Crippen LogP contribution in [0.5, 0.6) is 0 Å². The first-order valence-corrected chi connectivity index (χ1v) is 5.78. The highest BCUT2D eigenvalue weighted by molar-refractivity contribution is 7.11. The van der Waals surface area contributed by atoms with Crippen LogP contribution in [0.1, 0.15) is 23.6 Å². The van der Waals surface area contributed by atoms with Crippen molar-refractivity contribution in [2.45, 2.75) is 26.8 Å². The van der Waals surface area contributed by atoms with Crippen LogP contribution in [0.4, 0.5) is 0 Å². The maximum absolute atomic E-state index is 8.61. The van der Waals surface area contributed by atoms with Gasteiger partial charge in [0, 0.05) is 16.3 Å². The molecule has 0 spiro atoms. The van der Waals surface area contributed by atoms with Crippen LogP contribution in [0.2, 0.25) is 0 Å². The Labute approximate surface area is 89.8 Å². The zero-order chi connectivity index (χ0) is 10.4. The summed E-state index contributed by atoms with van der Waals surface area (Å²) >= 11 is 1.85. The minimum Gasteiger partial charge on any atom is -0.286 e. The lowest BCUT2D eigenvalue weighted by atomic mass is 10.3. The minimum absolute atomic E-state index is 0.524. The number of thiophene rings is 1. The molecule has 1 heterocycles. The number of hydrogen-bond acceptors (Lipinski definition) is 3. The standard InChI is InChI=1S/C11H16N2S/c1-3-10-5-6-11(14-10)9-13(4-2)8-7-12/h5-6H,3-4,8-9H2,1-2H3. The fraction of sp³-hybridized carbons (Fsp3) is 0.545. The van der Waals surface area contributed by atoms with Gasteiger partial charge in [0.15, 0.2) is 0 Å². The molecule has 0 aliphatic carbocycles. The SMILES string of the molecule is CCc1ccc(CN(CC)CC#N)s1. The first-order chi connectivity index (χ1) is 6.80. The molecular formula is C11H16N2S. The van der Waals surface area contributed by atoms with Gasteiger partial charge < -0.3 is 0 Å². The molecule has 0 aromatic carbocycles. The van der Waals surface area contributed by atoms with E-state index in [0.717, 1.165) is 19.5 Å². The highest BCUT2D eigenvalue weighted by Gasteiger charge is 2.04. The van der Waals surface area contributed by atoms with E-state index in [-0.39, 0.29) is 0 Å². The van der Waals surface area contributed by atoms with Gasteiger partial charge in [-0.25, -0.2) is 0 Å². The Kier molecular flexibility index (Phi) is 4.64. The first kappa shape index (κ1) is 11.2. The van der Waals surface area contributed by atoms with E-state index in [0.29, 0.717) is 6.54 Å². The molecule has 0 N–H and O–H groups in total. The summed E-state index contributed by atoms with van der Waals surface area (Å²) in [6, 6.07) is 6.54. The van der Waals surface area contributed by atoms with Gasteiger partial charge in [0.1, 0.15) is 0 Å². The second-order valence-electron chi connectivity index (χ2n) is 3.18. The van der Waals surface area contributed by atoms with Crippen molar-refractivity contribution in [1.29, 1.82) is 5.26 Å². The Morgan fingerprint density at radius 1 is 1.36 bits per heavy atom. The van der Waals surface area contributed by atoms with E-state index in [1.54, 1.807) is 0 Å². The Morgan fingerprint density at radius 3 is 2.57 bits per heavy atom. The van der Waals surface area contributed by atoms with Crippen molar-refractivity contribution in [3.05, 3.63) is 21.9 Å². The van der Waals surface area contributed by atoms with Crippen molar-refractivity contribution >= 4 is 11.3 Å².